The lowest BCUT2D eigenvalue weighted by atomic mass is 10.1. The first-order valence-corrected chi connectivity index (χ1v) is 3.85. The SMILES string of the molecule is CN=C(N)c1cccc(C(F)(F)F)c1. The van der Waals surface area contributed by atoms with Gasteiger partial charge < -0.3 is 5.73 Å². The van der Waals surface area contributed by atoms with E-state index in [1.54, 1.807) is 0 Å². The van der Waals surface area contributed by atoms with Gasteiger partial charge in [0, 0.05) is 12.6 Å². The van der Waals surface area contributed by atoms with E-state index in [-0.39, 0.29) is 11.4 Å². The molecule has 0 fully saturated rings. The molecular formula is C9H9F3N2. The van der Waals surface area contributed by atoms with Gasteiger partial charge in [-0.05, 0) is 12.1 Å². The average Bonchev–Trinajstić information content (AvgIpc) is 2.15. The summed E-state index contributed by atoms with van der Waals surface area (Å²) < 4.78 is 36.8. The van der Waals surface area contributed by atoms with E-state index in [1.807, 2.05) is 0 Å². The van der Waals surface area contributed by atoms with Crippen LogP contribution < -0.4 is 5.73 Å². The molecule has 0 saturated heterocycles. The minimum atomic E-state index is -4.34. The number of alkyl halides is 3. The van der Waals surface area contributed by atoms with Crippen LogP contribution in [-0.2, 0) is 6.18 Å². The fraction of sp³-hybridized carbons (Fsp3) is 0.222. The molecule has 1 rings (SSSR count). The quantitative estimate of drug-likeness (QED) is 0.549. The minimum absolute atomic E-state index is 0.0936. The fourth-order valence-electron chi connectivity index (χ4n) is 0.984. The van der Waals surface area contributed by atoms with Crippen molar-refractivity contribution in [2.24, 2.45) is 10.7 Å². The number of hydrogen-bond acceptors (Lipinski definition) is 1. The largest absolute Gasteiger partial charge is 0.416 e. The van der Waals surface area contributed by atoms with Gasteiger partial charge in [-0.3, -0.25) is 4.99 Å². The molecule has 5 heteroatoms. The van der Waals surface area contributed by atoms with Crippen molar-refractivity contribution < 1.29 is 13.2 Å². The van der Waals surface area contributed by atoms with Crippen molar-refractivity contribution in [3.63, 3.8) is 0 Å². The van der Waals surface area contributed by atoms with Crippen molar-refractivity contribution in [3.8, 4) is 0 Å². The Morgan fingerprint density at radius 1 is 1.36 bits per heavy atom. The Kier molecular flexibility index (Phi) is 2.78. The van der Waals surface area contributed by atoms with Gasteiger partial charge in [0.05, 0.1) is 5.56 Å². The van der Waals surface area contributed by atoms with E-state index in [9.17, 15) is 13.2 Å². The van der Waals surface area contributed by atoms with Crippen LogP contribution in [0.2, 0.25) is 0 Å². The van der Waals surface area contributed by atoms with Crippen molar-refractivity contribution in [3.05, 3.63) is 35.4 Å². The highest BCUT2D eigenvalue weighted by Gasteiger charge is 2.30. The van der Waals surface area contributed by atoms with E-state index < -0.39 is 11.7 Å². The number of benzene rings is 1. The van der Waals surface area contributed by atoms with Crippen LogP contribution in [0.25, 0.3) is 0 Å². The van der Waals surface area contributed by atoms with Crippen LogP contribution in [-0.4, -0.2) is 12.9 Å². The van der Waals surface area contributed by atoms with Crippen LogP contribution in [0.15, 0.2) is 29.3 Å². The van der Waals surface area contributed by atoms with Gasteiger partial charge in [-0.2, -0.15) is 13.2 Å². The molecule has 0 aromatic heterocycles. The van der Waals surface area contributed by atoms with Crippen molar-refractivity contribution >= 4 is 5.84 Å². The van der Waals surface area contributed by atoms with Gasteiger partial charge in [-0.1, -0.05) is 12.1 Å². The molecule has 0 aliphatic carbocycles. The summed E-state index contributed by atoms with van der Waals surface area (Å²) in [6, 6.07) is 4.75. The van der Waals surface area contributed by atoms with Crippen LogP contribution in [0.1, 0.15) is 11.1 Å². The molecule has 1 aromatic carbocycles. The molecule has 0 aliphatic rings. The summed E-state index contributed by atoms with van der Waals surface area (Å²) in [5.74, 6) is 0.0936. The molecule has 0 spiro atoms. The molecule has 0 aliphatic heterocycles. The lowest BCUT2D eigenvalue weighted by Gasteiger charge is -2.07. The van der Waals surface area contributed by atoms with E-state index in [2.05, 4.69) is 4.99 Å². The maximum Gasteiger partial charge on any atom is 0.416 e. The summed E-state index contributed by atoms with van der Waals surface area (Å²) in [5, 5.41) is 0. The summed E-state index contributed by atoms with van der Waals surface area (Å²) in [6.45, 7) is 0. The van der Waals surface area contributed by atoms with E-state index in [1.165, 1.54) is 19.2 Å². The van der Waals surface area contributed by atoms with E-state index in [4.69, 9.17) is 5.73 Å². The number of nitrogens with zero attached hydrogens (tertiary/aromatic N) is 1. The van der Waals surface area contributed by atoms with Gasteiger partial charge in [-0.15, -0.1) is 0 Å². The Labute approximate surface area is 79.3 Å². The third-order valence-electron chi connectivity index (χ3n) is 1.73. The number of hydrogen-bond donors (Lipinski definition) is 1. The maximum atomic E-state index is 12.3. The van der Waals surface area contributed by atoms with E-state index in [0.29, 0.717) is 0 Å². The number of amidine groups is 1. The molecule has 0 heterocycles. The second-order valence-electron chi connectivity index (χ2n) is 2.69. The second kappa shape index (κ2) is 3.69. The van der Waals surface area contributed by atoms with Gasteiger partial charge >= 0.3 is 6.18 Å². The highest BCUT2D eigenvalue weighted by Crippen LogP contribution is 2.29. The van der Waals surface area contributed by atoms with Crippen LogP contribution in [0, 0.1) is 0 Å². The Morgan fingerprint density at radius 3 is 2.50 bits per heavy atom. The molecule has 2 N–H and O–H groups in total. The molecule has 2 nitrogen and oxygen atoms in total. The number of halogens is 3. The Hall–Kier alpha value is -1.52. The number of nitrogens with two attached hydrogens (primary N) is 1. The first-order chi connectivity index (χ1) is 6.45. The predicted octanol–water partition coefficient (Wildman–Crippen LogP) is 2.04. The van der Waals surface area contributed by atoms with E-state index in [0.717, 1.165) is 12.1 Å². The van der Waals surface area contributed by atoms with E-state index >= 15 is 0 Å². The van der Waals surface area contributed by atoms with Gasteiger partial charge in [-0.25, -0.2) is 0 Å². The first-order valence-electron chi connectivity index (χ1n) is 3.85. The normalized spacial score (nSPS) is 13.0. The zero-order valence-electron chi connectivity index (χ0n) is 7.47. The van der Waals surface area contributed by atoms with Gasteiger partial charge in [0.15, 0.2) is 0 Å². The third-order valence-corrected chi connectivity index (χ3v) is 1.73. The molecule has 0 amide bonds. The fourth-order valence-corrected chi connectivity index (χ4v) is 0.984. The second-order valence-corrected chi connectivity index (χ2v) is 2.69. The van der Waals surface area contributed by atoms with Crippen molar-refractivity contribution in [1.82, 2.24) is 0 Å². The van der Waals surface area contributed by atoms with Crippen molar-refractivity contribution in [2.45, 2.75) is 6.18 Å². The molecular weight excluding hydrogens is 193 g/mol. The number of rotatable bonds is 1. The lowest BCUT2D eigenvalue weighted by molar-refractivity contribution is -0.137. The molecule has 0 unspecified atom stereocenters. The minimum Gasteiger partial charge on any atom is -0.384 e. The standard InChI is InChI=1S/C9H9F3N2/c1-14-8(13)6-3-2-4-7(5-6)9(10,11)12/h2-5H,1H3,(H2,13,14). The molecule has 76 valence electrons. The summed E-state index contributed by atoms with van der Waals surface area (Å²) in [4.78, 5) is 3.61. The van der Waals surface area contributed by atoms with Gasteiger partial charge in [0.25, 0.3) is 0 Å². The Bertz CT molecular complexity index is 355. The molecule has 0 radical (unpaired) electrons. The van der Waals surface area contributed by atoms with Crippen LogP contribution >= 0.6 is 0 Å². The zero-order valence-corrected chi connectivity index (χ0v) is 7.47. The molecule has 14 heavy (non-hydrogen) atoms. The summed E-state index contributed by atoms with van der Waals surface area (Å²) in [7, 11) is 1.43. The van der Waals surface area contributed by atoms with Gasteiger partial charge in [0.2, 0.25) is 0 Å². The summed E-state index contributed by atoms with van der Waals surface area (Å²) in [5.41, 5.74) is 4.95. The van der Waals surface area contributed by atoms with Crippen molar-refractivity contribution in [2.75, 3.05) is 7.05 Å². The number of aliphatic imine (C=N–C) groups is 1. The zero-order chi connectivity index (χ0) is 10.8. The summed E-state index contributed by atoms with van der Waals surface area (Å²) in [6.07, 6.45) is -4.34. The predicted molar refractivity (Wildman–Crippen MR) is 48.1 cm³/mol. The van der Waals surface area contributed by atoms with Crippen LogP contribution in [0.5, 0.6) is 0 Å². The van der Waals surface area contributed by atoms with Crippen molar-refractivity contribution in [1.29, 1.82) is 0 Å². The first kappa shape index (κ1) is 10.6. The molecule has 0 saturated carbocycles. The highest BCUT2D eigenvalue weighted by molar-refractivity contribution is 5.97. The molecule has 0 bridgehead atoms. The van der Waals surface area contributed by atoms with Crippen LogP contribution in [0.4, 0.5) is 13.2 Å². The smallest absolute Gasteiger partial charge is 0.384 e. The topological polar surface area (TPSA) is 38.4 Å². The average molecular weight is 202 g/mol. The van der Waals surface area contributed by atoms with Crippen LogP contribution in [0.3, 0.4) is 0 Å². The molecule has 0 atom stereocenters. The summed E-state index contributed by atoms with van der Waals surface area (Å²) >= 11 is 0. The lowest BCUT2D eigenvalue weighted by Crippen LogP contribution is -2.14. The Balaban J connectivity index is 3.14. The third kappa shape index (κ3) is 2.25. The maximum absolute atomic E-state index is 12.3. The highest BCUT2D eigenvalue weighted by atomic mass is 19.4. The Morgan fingerprint density at radius 2 is 2.00 bits per heavy atom. The monoisotopic (exact) mass is 202 g/mol. The molecule has 1 aromatic rings. The van der Waals surface area contributed by atoms with Gasteiger partial charge in [0.1, 0.15) is 5.84 Å².